The van der Waals surface area contributed by atoms with Crippen molar-refractivity contribution in [3.63, 3.8) is 0 Å². The fraction of sp³-hybridized carbons (Fsp3) is 0.946. The number of ether oxygens (including phenoxy) is 12. The van der Waals surface area contributed by atoms with Gasteiger partial charge in [-0.3, -0.25) is 4.79 Å². The Morgan fingerprint density at radius 3 is 1.28 bits per heavy atom. The van der Waals surface area contributed by atoms with Gasteiger partial charge in [0.25, 0.3) is 0 Å². The van der Waals surface area contributed by atoms with E-state index in [0.29, 0.717) is 56.9 Å². The number of rotatable bonds is 18. The molecular formula is C56H90O33. The minimum Gasteiger partial charge on any atom is -0.432 e. The first kappa shape index (κ1) is 69.8. The molecule has 89 heavy (non-hydrogen) atoms. The molecular weight excluding hydrogens is 1200 g/mol. The van der Waals surface area contributed by atoms with Gasteiger partial charge in [-0.05, 0) is 86.5 Å². The first-order valence-electron chi connectivity index (χ1n) is 30.4. The third kappa shape index (κ3) is 12.3. The van der Waals surface area contributed by atoms with Gasteiger partial charge in [0.1, 0.15) is 146 Å². The van der Waals surface area contributed by atoms with Gasteiger partial charge in [0.15, 0.2) is 31.5 Å². The van der Waals surface area contributed by atoms with Gasteiger partial charge in [-0.25, -0.2) is 0 Å². The van der Waals surface area contributed by atoms with Crippen molar-refractivity contribution in [2.75, 3.05) is 39.6 Å². The lowest BCUT2D eigenvalue weighted by molar-refractivity contribution is -0.407. The van der Waals surface area contributed by atoms with Gasteiger partial charge in [0, 0.05) is 0 Å². The van der Waals surface area contributed by atoms with E-state index in [4.69, 9.17) is 56.8 Å². The Morgan fingerprint density at radius 1 is 0.427 bits per heavy atom. The van der Waals surface area contributed by atoms with Gasteiger partial charge < -0.3 is 159 Å². The molecule has 36 atom stereocenters. The van der Waals surface area contributed by atoms with Crippen molar-refractivity contribution in [3.8, 4) is 0 Å². The summed E-state index contributed by atoms with van der Waals surface area (Å²) in [5, 5.41) is 215. The molecule has 10 rings (SSSR count). The molecule has 0 radical (unpaired) electrons. The zero-order valence-electron chi connectivity index (χ0n) is 49.0. The lowest BCUT2D eigenvalue weighted by atomic mass is 9.41. The van der Waals surface area contributed by atoms with E-state index in [2.05, 4.69) is 13.5 Å². The van der Waals surface area contributed by atoms with E-state index < -0.39 is 252 Å². The molecule has 6 saturated heterocycles. The predicted molar refractivity (Wildman–Crippen MR) is 284 cm³/mol. The molecule has 31 unspecified atom stereocenters. The molecule has 6 heterocycles. The summed E-state index contributed by atoms with van der Waals surface area (Å²) in [5.74, 6) is -1.03. The molecule has 10 fully saturated rings. The van der Waals surface area contributed by atoms with Crippen LogP contribution in [0.3, 0.4) is 0 Å². The highest BCUT2D eigenvalue weighted by Crippen LogP contribution is 2.74. The fourth-order valence-corrected chi connectivity index (χ4v) is 16.5. The molecule has 512 valence electrons. The third-order valence-electron chi connectivity index (χ3n) is 21.3. The predicted octanol–water partition coefficient (Wildman–Crippen LogP) is -9.47. The number of carbonyl (C=O) groups is 1. The van der Waals surface area contributed by atoms with Crippen molar-refractivity contribution in [1.29, 1.82) is 0 Å². The Hall–Kier alpha value is -2.03. The van der Waals surface area contributed by atoms with Crippen LogP contribution in [-0.4, -0.2) is 338 Å². The van der Waals surface area contributed by atoms with Crippen molar-refractivity contribution in [3.05, 3.63) is 12.2 Å². The molecule has 0 amide bonds. The zero-order chi connectivity index (χ0) is 64.7. The summed E-state index contributed by atoms with van der Waals surface area (Å²) in [4.78, 5) is 14.5. The van der Waals surface area contributed by atoms with E-state index >= 15 is 0 Å². The van der Waals surface area contributed by atoms with E-state index in [1.807, 2.05) is 0 Å². The largest absolute Gasteiger partial charge is 0.432 e. The average molecular weight is 1290 g/mol. The number of fused-ring (bicyclic) bond motifs is 3. The molecule has 2 bridgehead atoms. The Bertz CT molecular complexity index is 2390. The molecule has 33 heteroatoms. The summed E-state index contributed by atoms with van der Waals surface area (Å²) >= 11 is 0. The maximum Gasteiger partial charge on any atom is 0.314 e. The van der Waals surface area contributed by atoms with Gasteiger partial charge in [-0.15, -0.1) is 0 Å². The van der Waals surface area contributed by atoms with E-state index in [0.717, 1.165) is 0 Å². The first-order valence-corrected chi connectivity index (χ1v) is 30.4. The highest BCUT2D eigenvalue weighted by molar-refractivity contribution is 5.77. The minimum absolute atomic E-state index is 0.0694. The van der Waals surface area contributed by atoms with E-state index in [1.54, 1.807) is 6.92 Å². The van der Waals surface area contributed by atoms with Crippen LogP contribution in [-0.2, 0) is 61.6 Å². The fourth-order valence-electron chi connectivity index (χ4n) is 16.5. The van der Waals surface area contributed by atoms with Gasteiger partial charge >= 0.3 is 5.97 Å². The standard InChI is InChI=1S/C56H90O33/c1-19-11-55-9-5-26-53(2,7-4-8-54(26,3)52(77)88-50-39(74)34(69)30(65)22(14-59)80-50)27(55)6-10-56(19,18-55)89-51-45(44(31(66)23(15-60)81-51)86-47-38(73)33(68)29(64)21(13-58)79-47)87-49-41(76)36(71)43(25(17-62)83-49)85-48-40(75)35(70)42(24(16-61)82-48)84-46-37(72)32(67)28(63)20(12-57)78-46/h20-51,57-76H,1,4-18H2,2-3H3/t20?,21?,22?,23?,24?,25?,26-,27-,28?,29?,30?,31?,32?,33?,34?,35?,36?,37?,38?,39?,40?,41?,42?,43?,44?,45?,46?,47?,48?,49?,50?,51?,53+,54?,55+,56-/m0/s1. The SMILES string of the molecule is C=C1C[C@@]23CC[C@@H]4C(C)(C(=O)OC5OC(CO)C(O)C(O)C5O)CCC[C@@]4(C)[C@@H]2CC[C@]1(OC1OC(CO)C(O)C(OC2OC(CO)C(O)C(O)C2O)C1OC1OC(CO)C(OC2OC(CO)C(OC4OC(CO)C(O)C(O)C4O)C(O)C2O)C(O)C1O)C3. The summed E-state index contributed by atoms with van der Waals surface area (Å²) in [6.45, 7) is 3.08. The topological polar surface area (TPSA) is 532 Å². The molecule has 4 aliphatic carbocycles. The smallest absolute Gasteiger partial charge is 0.314 e. The molecule has 0 aromatic rings. The van der Waals surface area contributed by atoms with Crippen LogP contribution in [0.2, 0.25) is 0 Å². The van der Waals surface area contributed by atoms with Crippen LogP contribution < -0.4 is 0 Å². The lowest BCUT2D eigenvalue weighted by Crippen LogP contribution is -2.69. The number of esters is 1. The molecule has 1 spiro atoms. The quantitative estimate of drug-likeness (QED) is 0.0344. The molecule has 0 aromatic carbocycles. The van der Waals surface area contributed by atoms with Crippen LogP contribution in [0.1, 0.15) is 71.6 Å². The Labute approximate surface area is 509 Å². The number of hydrogen-bond donors (Lipinski definition) is 20. The second-order valence-electron chi connectivity index (χ2n) is 26.4. The normalized spacial score (nSPS) is 54.5. The number of aliphatic hydroxyl groups is 20. The van der Waals surface area contributed by atoms with Crippen LogP contribution in [0.25, 0.3) is 0 Å². The highest BCUT2D eigenvalue weighted by Gasteiger charge is 2.70. The molecule has 4 saturated carbocycles. The van der Waals surface area contributed by atoms with Crippen LogP contribution >= 0.6 is 0 Å². The van der Waals surface area contributed by atoms with Gasteiger partial charge in [0.2, 0.25) is 6.29 Å². The monoisotopic (exact) mass is 1290 g/mol. The van der Waals surface area contributed by atoms with Crippen LogP contribution in [0, 0.1) is 28.1 Å². The van der Waals surface area contributed by atoms with Crippen molar-refractivity contribution >= 4 is 5.97 Å². The summed E-state index contributed by atoms with van der Waals surface area (Å²) in [7, 11) is 0. The summed E-state index contributed by atoms with van der Waals surface area (Å²) in [6.07, 6.45) is -51.4. The Kier molecular flexibility index (Phi) is 21.4. The molecule has 20 N–H and O–H groups in total. The minimum atomic E-state index is -2.24. The van der Waals surface area contributed by atoms with Crippen molar-refractivity contribution in [1.82, 2.24) is 0 Å². The van der Waals surface area contributed by atoms with Crippen molar-refractivity contribution in [2.45, 2.75) is 261 Å². The van der Waals surface area contributed by atoms with Crippen molar-refractivity contribution < 1.29 is 164 Å². The Balaban J connectivity index is 0.892. The first-order chi connectivity index (χ1) is 42.1. The Morgan fingerprint density at radius 2 is 0.809 bits per heavy atom. The number of hydrogen-bond acceptors (Lipinski definition) is 33. The number of carbonyl (C=O) groups excluding carboxylic acids is 1. The van der Waals surface area contributed by atoms with E-state index in [1.165, 1.54) is 0 Å². The molecule has 10 aliphatic rings. The second kappa shape index (κ2) is 27.2. The number of aliphatic hydroxyl groups excluding tert-OH is 20. The third-order valence-corrected chi connectivity index (χ3v) is 21.3. The molecule has 0 aromatic heterocycles. The van der Waals surface area contributed by atoms with Crippen LogP contribution in [0.15, 0.2) is 12.2 Å². The summed E-state index contributed by atoms with van der Waals surface area (Å²) in [5.41, 5.74) is -2.83. The van der Waals surface area contributed by atoms with Gasteiger partial charge in [-0.2, -0.15) is 0 Å². The maximum atomic E-state index is 14.5. The lowest BCUT2D eigenvalue weighted by Gasteiger charge is -2.64. The summed E-state index contributed by atoms with van der Waals surface area (Å²) in [6, 6.07) is 0. The van der Waals surface area contributed by atoms with E-state index in [-0.39, 0.29) is 18.3 Å². The molecule has 33 nitrogen and oxygen atoms in total. The maximum absolute atomic E-state index is 14.5. The van der Waals surface area contributed by atoms with Gasteiger partial charge in [0.05, 0.1) is 50.7 Å². The van der Waals surface area contributed by atoms with Crippen LogP contribution in [0.4, 0.5) is 0 Å². The van der Waals surface area contributed by atoms with Crippen LogP contribution in [0.5, 0.6) is 0 Å². The van der Waals surface area contributed by atoms with Gasteiger partial charge in [-0.1, -0.05) is 19.9 Å². The van der Waals surface area contributed by atoms with Crippen molar-refractivity contribution in [2.24, 2.45) is 28.1 Å². The average Bonchev–Trinajstić information content (AvgIpc) is 1.63. The molecule has 6 aliphatic heterocycles. The highest BCUT2D eigenvalue weighted by atomic mass is 16.8. The second-order valence-corrected chi connectivity index (χ2v) is 26.4. The summed E-state index contributed by atoms with van der Waals surface area (Å²) < 4.78 is 71.8. The van der Waals surface area contributed by atoms with E-state index in [9.17, 15) is 107 Å². The zero-order valence-corrected chi connectivity index (χ0v) is 49.0.